The molecule has 0 atom stereocenters. The molecule has 3 fully saturated rings. The van der Waals surface area contributed by atoms with Gasteiger partial charge in [-0.3, -0.25) is 14.9 Å². The molecule has 2 aliphatic heterocycles. The number of amides is 2. The van der Waals surface area contributed by atoms with E-state index in [-0.39, 0.29) is 18.2 Å². The van der Waals surface area contributed by atoms with E-state index in [1.165, 1.54) is 24.1 Å². The molecule has 0 radical (unpaired) electrons. The van der Waals surface area contributed by atoms with E-state index in [9.17, 15) is 9.59 Å². The molecule has 3 aliphatic rings. The van der Waals surface area contributed by atoms with Crippen molar-refractivity contribution in [3.63, 3.8) is 0 Å². The highest BCUT2D eigenvalue weighted by molar-refractivity contribution is 6.15. The third-order valence-corrected chi connectivity index (χ3v) is 6.71. The first-order chi connectivity index (χ1) is 17.0. The van der Waals surface area contributed by atoms with E-state index < -0.39 is 0 Å². The Morgan fingerprint density at radius 3 is 2.71 bits per heavy atom. The number of para-hydroxylation sites is 1. The minimum atomic E-state index is -0.365. The number of hydrogen-bond acceptors (Lipinski definition) is 8. The van der Waals surface area contributed by atoms with Crippen molar-refractivity contribution in [1.82, 2.24) is 24.9 Å². The van der Waals surface area contributed by atoms with Gasteiger partial charge in [0.2, 0.25) is 17.8 Å². The van der Waals surface area contributed by atoms with Crippen molar-refractivity contribution in [1.29, 1.82) is 0 Å². The van der Waals surface area contributed by atoms with Gasteiger partial charge < -0.3 is 15.1 Å². The summed E-state index contributed by atoms with van der Waals surface area (Å²) in [6.45, 7) is 2.83. The molecule has 2 amide bonds. The number of hydrogen-bond donors (Lipinski definition) is 2. The van der Waals surface area contributed by atoms with Crippen LogP contribution in [0.4, 0.5) is 17.6 Å². The van der Waals surface area contributed by atoms with Crippen molar-refractivity contribution >= 4 is 41.1 Å². The van der Waals surface area contributed by atoms with Crippen LogP contribution in [0, 0.1) is 0 Å². The first-order valence-corrected chi connectivity index (χ1v) is 12.2. The second-order valence-electron chi connectivity index (χ2n) is 9.50. The molecule has 35 heavy (non-hydrogen) atoms. The third kappa shape index (κ3) is 4.31. The van der Waals surface area contributed by atoms with E-state index in [0.29, 0.717) is 41.3 Å². The number of carbonyl (C=O) groups excluding carboxylic acids is 2. The summed E-state index contributed by atoms with van der Waals surface area (Å²) in [4.78, 5) is 37.9. The predicted octanol–water partition coefficient (Wildman–Crippen LogP) is 2.37. The highest BCUT2D eigenvalue weighted by Gasteiger charge is 2.27. The molecule has 6 rings (SSSR count). The second-order valence-corrected chi connectivity index (χ2v) is 9.50. The summed E-state index contributed by atoms with van der Waals surface area (Å²) in [6, 6.07) is 8.89. The largest absolute Gasteiger partial charge is 0.371 e. The first-order valence-electron chi connectivity index (χ1n) is 12.2. The van der Waals surface area contributed by atoms with Crippen LogP contribution in [0.3, 0.4) is 0 Å². The molecule has 2 saturated heterocycles. The van der Waals surface area contributed by atoms with Crippen LogP contribution in [0.15, 0.2) is 36.0 Å². The summed E-state index contributed by atoms with van der Waals surface area (Å²) >= 11 is 0. The fraction of sp³-hybridized carbons (Fsp3) is 0.400. The zero-order valence-corrected chi connectivity index (χ0v) is 19.7. The van der Waals surface area contributed by atoms with Gasteiger partial charge in [0.25, 0.3) is 5.91 Å². The zero-order valence-electron chi connectivity index (χ0n) is 19.7. The Hall–Kier alpha value is -3.95. The summed E-state index contributed by atoms with van der Waals surface area (Å²) in [5.41, 5.74) is 4.18. The lowest BCUT2D eigenvalue weighted by Gasteiger charge is -2.24. The summed E-state index contributed by atoms with van der Waals surface area (Å²) in [6.07, 6.45) is 8.07. The van der Waals surface area contributed by atoms with Gasteiger partial charge in [0.15, 0.2) is 5.65 Å². The van der Waals surface area contributed by atoms with E-state index in [4.69, 9.17) is 9.97 Å². The van der Waals surface area contributed by atoms with Gasteiger partial charge in [-0.05, 0) is 43.4 Å². The lowest BCUT2D eigenvalue weighted by atomic mass is 10.1. The summed E-state index contributed by atoms with van der Waals surface area (Å²) in [5.74, 6) is 0.545. The standard InChI is InChI=1S/C25H28N8O2/c1-31(15-16-6-2-3-7-20(16)32-10-4-5-11-32)24-29-22-18(12-17-13-21(34)28-23(17)35)14-26-33(22)25(30-24)27-19-8-9-19/h2-3,6-7,12,14,19H,4-5,8-11,13,15H2,1H3,(H,27,29,30)(H,28,34,35)/b17-12+. The predicted molar refractivity (Wildman–Crippen MR) is 133 cm³/mol. The lowest BCUT2D eigenvalue weighted by Crippen LogP contribution is -2.24. The van der Waals surface area contributed by atoms with E-state index in [2.05, 4.69) is 44.9 Å². The Bertz CT molecular complexity index is 1340. The van der Waals surface area contributed by atoms with Crippen LogP contribution in [0.25, 0.3) is 11.7 Å². The van der Waals surface area contributed by atoms with Crippen molar-refractivity contribution in [2.45, 2.75) is 44.7 Å². The van der Waals surface area contributed by atoms with Gasteiger partial charge in [-0.15, -0.1) is 0 Å². The maximum atomic E-state index is 12.1. The topological polar surface area (TPSA) is 108 Å². The molecule has 180 valence electrons. The van der Waals surface area contributed by atoms with Crippen molar-refractivity contribution < 1.29 is 9.59 Å². The molecular weight excluding hydrogens is 444 g/mol. The van der Waals surface area contributed by atoms with Gasteiger partial charge in [0, 0.05) is 49.5 Å². The second kappa shape index (κ2) is 8.68. The normalized spacial score (nSPS) is 19.1. The number of nitrogens with zero attached hydrogens (tertiary/aromatic N) is 6. The van der Waals surface area contributed by atoms with Crippen molar-refractivity contribution in [2.75, 3.05) is 35.3 Å². The SMILES string of the molecule is CN(Cc1ccccc1N1CCCC1)c1nc(NC2CC2)n2ncc(/C=C3\CC(=O)NC3=O)c2n1. The average Bonchev–Trinajstić information content (AvgIpc) is 3.20. The lowest BCUT2D eigenvalue weighted by molar-refractivity contribution is -0.124. The molecule has 0 bridgehead atoms. The molecule has 1 aromatic carbocycles. The van der Waals surface area contributed by atoms with Gasteiger partial charge in [-0.25, -0.2) is 0 Å². The molecule has 3 aromatic rings. The molecule has 0 spiro atoms. The highest BCUT2D eigenvalue weighted by Crippen LogP contribution is 2.29. The fourth-order valence-electron chi connectivity index (χ4n) is 4.71. The Labute approximate surface area is 203 Å². The number of imide groups is 1. The van der Waals surface area contributed by atoms with Crippen LogP contribution < -0.4 is 20.4 Å². The Kier molecular flexibility index (Phi) is 5.35. The number of anilines is 3. The Morgan fingerprint density at radius 2 is 1.97 bits per heavy atom. The van der Waals surface area contributed by atoms with Gasteiger partial charge in [-0.2, -0.15) is 19.6 Å². The first kappa shape index (κ1) is 21.6. The maximum absolute atomic E-state index is 12.1. The molecule has 2 N–H and O–H groups in total. The van der Waals surface area contributed by atoms with Crippen molar-refractivity contribution in [2.24, 2.45) is 0 Å². The summed E-state index contributed by atoms with van der Waals surface area (Å²) in [5, 5.41) is 10.3. The van der Waals surface area contributed by atoms with E-state index in [1.54, 1.807) is 16.8 Å². The number of aromatic nitrogens is 4. The van der Waals surface area contributed by atoms with E-state index >= 15 is 0 Å². The van der Waals surface area contributed by atoms with E-state index in [1.807, 2.05) is 11.9 Å². The fourth-order valence-corrected chi connectivity index (χ4v) is 4.71. The molecular formula is C25H28N8O2. The minimum Gasteiger partial charge on any atom is -0.371 e. The number of carbonyl (C=O) groups is 2. The zero-order chi connectivity index (χ0) is 23.9. The molecule has 10 heteroatoms. The van der Waals surface area contributed by atoms with Crippen LogP contribution >= 0.6 is 0 Å². The summed E-state index contributed by atoms with van der Waals surface area (Å²) < 4.78 is 1.68. The Balaban J connectivity index is 1.36. The minimum absolute atomic E-state index is 0.0640. The number of benzene rings is 1. The molecule has 0 unspecified atom stereocenters. The van der Waals surface area contributed by atoms with E-state index in [0.717, 1.165) is 25.9 Å². The maximum Gasteiger partial charge on any atom is 0.254 e. The monoisotopic (exact) mass is 472 g/mol. The van der Waals surface area contributed by atoms with Crippen molar-refractivity contribution in [3.8, 4) is 0 Å². The summed E-state index contributed by atoms with van der Waals surface area (Å²) in [7, 11) is 1.99. The third-order valence-electron chi connectivity index (χ3n) is 6.71. The molecule has 1 aliphatic carbocycles. The van der Waals surface area contributed by atoms with Crippen LogP contribution in [-0.4, -0.2) is 57.6 Å². The van der Waals surface area contributed by atoms with Crippen LogP contribution in [-0.2, 0) is 16.1 Å². The van der Waals surface area contributed by atoms with Gasteiger partial charge in [0.1, 0.15) is 0 Å². The van der Waals surface area contributed by atoms with Gasteiger partial charge in [0.05, 0.1) is 12.6 Å². The van der Waals surface area contributed by atoms with Crippen LogP contribution in [0.2, 0.25) is 0 Å². The average molecular weight is 473 g/mol. The van der Waals surface area contributed by atoms with Crippen molar-refractivity contribution in [3.05, 3.63) is 47.2 Å². The molecule has 1 saturated carbocycles. The van der Waals surface area contributed by atoms with Crippen LogP contribution in [0.1, 0.15) is 43.2 Å². The smallest absolute Gasteiger partial charge is 0.254 e. The number of rotatable bonds is 7. The highest BCUT2D eigenvalue weighted by atomic mass is 16.2. The molecule has 4 heterocycles. The number of nitrogens with one attached hydrogen (secondary N) is 2. The quantitative estimate of drug-likeness (QED) is 0.399. The van der Waals surface area contributed by atoms with Gasteiger partial charge >= 0.3 is 0 Å². The van der Waals surface area contributed by atoms with Crippen LogP contribution in [0.5, 0.6) is 0 Å². The molecule has 10 nitrogen and oxygen atoms in total. The Morgan fingerprint density at radius 1 is 1.17 bits per heavy atom. The molecule has 2 aromatic heterocycles. The van der Waals surface area contributed by atoms with Gasteiger partial charge in [-0.1, -0.05) is 18.2 Å². The number of fused-ring (bicyclic) bond motifs is 1.